The highest BCUT2D eigenvalue weighted by molar-refractivity contribution is 6.36. The van der Waals surface area contributed by atoms with Crippen LogP contribution in [0.3, 0.4) is 0 Å². The lowest BCUT2D eigenvalue weighted by atomic mass is 10.0. The Balaban J connectivity index is 1.26. The molecule has 0 spiro atoms. The molecule has 4 aliphatic rings. The second-order valence-corrected chi connectivity index (χ2v) is 13.0. The van der Waals surface area contributed by atoms with Crippen LogP contribution in [-0.2, 0) is 17.8 Å². The Morgan fingerprint density at radius 1 is 1.16 bits per heavy atom. The molecule has 228 valence electrons. The van der Waals surface area contributed by atoms with Crippen molar-refractivity contribution >= 4 is 39.8 Å². The van der Waals surface area contributed by atoms with E-state index in [2.05, 4.69) is 58.7 Å². The average Bonchev–Trinajstić information content (AvgIpc) is 3.68. The summed E-state index contributed by atoms with van der Waals surface area (Å²) < 4.78 is 6.79. The molecule has 44 heavy (non-hydrogen) atoms. The summed E-state index contributed by atoms with van der Waals surface area (Å²) in [5.41, 5.74) is 2.92. The number of piperazine rings is 1. The summed E-state index contributed by atoms with van der Waals surface area (Å²) >= 11 is 6.73. The van der Waals surface area contributed by atoms with Crippen molar-refractivity contribution in [3.63, 3.8) is 0 Å². The van der Waals surface area contributed by atoms with Crippen molar-refractivity contribution < 1.29 is 9.53 Å². The summed E-state index contributed by atoms with van der Waals surface area (Å²) in [6.07, 6.45) is 6.66. The molecule has 1 aromatic heterocycles. The van der Waals surface area contributed by atoms with Gasteiger partial charge in [-0.25, -0.2) is 0 Å². The fourth-order valence-corrected chi connectivity index (χ4v) is 7.84. The molecular formula is C34H38ClN7O2. The van der Waals surface area contributed by atoms with Crippen LogP contribution < -0.4 is 14.5 Å². The molecule has 3 aromatic rings. The molecule has 0 N–H and O–H groups in total. The van der Waals surface area contributed by atoms with Crippen LogP contribution >= 0.6 is 11.6 Å². The van der Waals surface area contributed by atoms with E-state index in [1.165, 1.54) is 12.5 Å². The smallest absolute Gasteiger partial charge is 0.319 e. The van der Waals surface area contributed by atoms with Gasteiger partial charge in [-0.15, -0.1) is 0 Å². The number of ether oxygens (including phenoxy) is 1. The summed E-state index contributed by atoms with van der Waals surface area (Å²) in [6, 6.07) is 15.2. The molecule has 7 rings (SSSR count). The molecule has 10 heteroatoms. The largest absolute Gasteiger partial charge is 0.455 e. The van der Waals surface area contributed by atoms with E-state index in [4.69, 9.17) is 26.3 Å². The molecule has 2 saturated heterocycles. The molecule has 0 bridgehead atoms. The Kier molecular flexibility index (Phi) is 7.59. The number of rotatable bonds is 7. The lowest BCUT2D eigenvalue weighted by Gasteiger charge is -2.42. The summed E-state index contributed by atoms with van der Waals surface area (Å²) in [6.45, 7) is 7.80. The number of hydrogen-bond acceptors (Lipinski definition) is 8. The number of fused-ring (bicyclic) bond motifs is 2. The third-order valence-electron chi connectivity index (χ3n) is 9.93. The molecule has 4 heterocycles. The van der Waals surface area contributed by atoms with Crippen LogP contribution in [-0.4, -0.2) is 83.1 Å². The van der Waals surface area contributed by atoms with E-state index >= 15 is 0 Å². The maximum atomic E-state index is 12.6. The Bertz CT molecular complexity index is 1650. The first-order valence-corrected chi connectivity index (χ1v) is 16.0. The maximum absolute atomic E-state index is 12.6. The van der Waals surface area contributed by atoms with Crippen LogP contribution in [0.25, 0.3) is 10.8 Å². The van der Waals surface area contributed by atoms with Gasteiger partial charge in [0.05, 0.1) is 35.8 Å². The number of amides is 1. The number of likely N-dealkylation sites (N-methyl/N-ethyl adjacent to an activating group) is 1. The molecule has 0 radical (unpaired) electrons. The van der Waals surface area contributed by atoms with Gasteiger partial charge in [-0.2, -0.15) is 15.2 Å². The number of benzene rings is 2. The minimum Gasteiger partial charge on any atom is -0.455 e. The highest BCUT2D eigenvalue weighted by Crippen LogP contribution is 2.48. The molecule has 3 aliphatic heterocycles. The van der Waals surface area contributed by atoms with Crippen LogP contribution in [0.5, 0.6) is 6.01 Å². The first kappa shape index (κ1) is 28.9. The van der Waals surface area contributed by atoms with Gasteiger partial charge in [-0.3, -0.25) is 9.69 Å². The molecule has 3 fully saturated rings. The lowest BCUT2D eigenvalue weighted by Crippen LogP contribution is -2.55. The summed E-state index contributed by atoms with van der Waals surface area (Å²) in [7, 11) is 2.19. The summed E-state index contributed by atoms with van der Waals surface area (Å²) in [5.74, 6) is 0.726. The number of aromatic nitrogens is 2. The molecule has 9 nitrogen and oxygen atoms in total. The second kappa shape index (κ2) is 11.6. The number of halogens is 1. The van der Waals surface area contributed by atoms with Gasteiger partial charge in [0.1, 0.15) is 11.4 Å². The molecule has 2 aromatic carbocycles. The summed E-state index contributed by atoms with van der Waals surface area (Å²) in [4.78, 5) is 31.6. The van der Waals surface area contributed by atoms with Crippen LogP contribution in [0.15, 0.2) is 49.1 Å². The van der Waals surface area contributed by atoms with Gasteiger partial charge in [-0.1, -0.05) is 42.4 Å². The molecule has 1 saturated carbocycles. The Morgan fingerprint density at radius 3 is 2.70 bits per heavy atom. The van der Waals surface area contributed by atoms with Crippen LogP contribution in [0.1, 0.15) is 43.4 Å². The Labute approximate surface area is 263 Å². The van der Waals surface area contributed by atoms with Gasteiger partial charge in [0.15, 0.2) is 0 Å². The predicted octanol–water partition coefficient (Wildman–Crippen LogP) is 4.97. The number of nitriles is 1. The minimum absolute atomic E-state index is 0.139. The first-order valence-electron chi connectivity index (χ1n) is 15.7. The first-order chi connectivity index (χ1) is 21.4. The quantitative estimate of drug-likeness (QED) is 0.346. The van der Waals surface area contributed by atoms with Crippen molar-refractivity contribution in [1.29, 1.82) is 5.26 Å². The van der Waals surface area contributed by atoms with Crippen molar-refractivity contribution in [3.05, 3.63) is 65.3 Å². The van der Waals surface area contributed by atoms with Gasteiger partial charge < -0.3 is 19.4 Å². The number of anilines is 2. The van der Waals surface area contributed by atoms with Crippen molar-refractivity contribution in [2.24, 2.45) is 0 Å². The van der Waals surface area contributed by atoms with E-state index in [-0.39, 0.29) is 24.0 Å². The fourth-order valence-electron chi connectivity index (χ4n) is 7.56. The zero-order chi connectivity index (χ0) is 30.4. The van der Waals surface area contributed by atoms with Gasteiger partial charge in [0.2, 0.25) is 5.91 Å². The van der Waals surface area contributed by atoms with Crippen molar-refractivity contribution in [1.82, 2.24) is 19.8 Å². The monoisotopic (exact) mass is 611 g/mol. The van der Waals surface area contributed by atoms with Crippen molar-refractivity contribution in [2.45, 2.75) is 62.8 Å². The number of carbonyl (C=O) groups is 1. The minimum atomic E-state index is -0.243. The molecule has 1 aliphatic carbocycles. The molecule has 1 amide bonds. The average molecular weight is 612 g/mol. The van der Waals surface area contributed by atoms with Gasteiger partial charge in [0.25, 0.3) is 0 Å². The normalized spacial score (nSPS) is 22.9. The van der Waals surface area contributed by atoms with E-state index < -0.39 is 0 Å². The van der Waals surface area contributed by atoms with Crippen molar-refractivity contribution in [3.8, 4) is 12.1 Å². The standard InChI is InChI=1S/C34H38ClN7O2/c1-3-30(43)42-20-19-41(21-24(42)12-16-36)32-25-13-18-40(28-10-5-8-23-7-4-9-26(35)31(23)28)22-27(25)37-33(38-32)44-34(14-15-34)29-11-6-17-39(29)2/h3-5,7-10,24,29H,1,6,11-15,17-22H2,2H3/t24-,29-/m0/s1. The van der Waals surface area contributed by atoms with E-state index in [1.54, 1.807) is 4.90 Å². The highest BCUT2D eigenvalue weighted by Gasteiger charge is 2.55. The topological polar surface area (TPSA) is 88.8 Å². The van der Waals surface area contributed by atoms with E-state index in [0.29, 0.717) is 38.2 Å². The zero-order valence-corrected chi connectivity index (χ0v) is 26.0. The highest BCUT2D eigenvalue weighted by atomic mass is 35.5. The van der Waals surface area contributed by atoms with Gasteiger partial charge in [-0.05, 0) is 69.3 Å². The fraction of sp³-hybridized carbons (Fsp3) is 0.471. The predicted molar refractivity (Wildman–Crippen MR) is 172 cm³/mol. The van der Waals surface area contributed by atoms with E-state index in [1.807, 2.05) is 12.1 Å². The number of hydrogen-bond donors (Lipinski definition) is 0. The van der Waals surface area contributed by atoms with Crippen LogP contribution in [0.4, 0.5) is 11.5 Å². The van der Waals surface area contributed by atoms with Crippen molar-refractivity contribution in [2.75, 3.05) is 49.6 Å². The van der Waals surface area contributed by atoms with E-state index in [9.17, 15) is 10.1 Å². The third kappa shape index (κ3) is 5.14. The maximum Gasteiger partial charge on any atom is 0.319 e. The van der Waals surface area contributed by atoms with Gasteiger partial charge in [0, 0.05) is 48.9 Å². The Morgan fingerprint density at radius 2 is 1.98 bits per heavy atom. The SMILES string of the molecule is C=CC(=O)N1CCN(c2nc(OC3([C@@H]4CCCN4C)CC3)nc3c2CCN(c2cccc4cccc(Cl)c24)C3)C[C@@H]1CC#N. The number of nitrogens with zero attached hydrogens (tertiary/aromatic N) is 7. The van der Waals surface area contributed by atoms with Crippen LogP contribution in [0.2, 0.25) is 5.02 Å². The van der Waals surface area contributed by atoms with E-state index in [0.717, 1.165) is 77.3 Å². The third-order valence-corrected chi connectivity index (χ3v) is 10.2. The van der Waals surface area contributed by atoms with Crippen LogP contribution in [0, 0.1) is 11.3 Å². The summed E-state index contributed by atoms with van der Waals surface area (Å²) in [5, 5.41) is 12.5. The molecular weight excluding hydrogens is 574 g/mol. The van der Waals surface area contributed by atoms with Gasteiger partial charge >= 0.3 is 6.01 Å². The molecule has 0 unspecified atom stereocenters. The molecule has 2 atom stereocenters. The Hall–Kier alpha value is -3.87. The second-order valence-electron chi connectivity index (χ2n) is 12.5. The number of likely N-dealkylation sites (tertiary alicyclic amines) is 1. The zero-order valence-electron chi connectivity index (χ0n) is 25.2. The number of carbonyl (C=O) groups excluding carboxylic acids is 1. The lowest BCUT2D eigenvalue weighted by molar-refractivity contribution is -0.128.